The second kappa shape index (κ2) is 6.42. The van der Waals surface area contributed by atoms with Gasteiger partial charge in [-0.1, -0.05) is 23.2 Å². The van der Waals surface area contributed by atoms with Gasteiger partial charge < -0.3 is 10.2 Å². The van der Waals surface area contributed by atoms with Gasteiger partial charge in [-0.25, -0.2) is 0 Å². The minimum atomic E-state index is -4.72. The molecule has 1 aromatic rings. The van der Waals surface area contributed by atoms with Gasteiger partial charge in [0.2, 0.25) is 0 Å². The van der Waals surface area contributed by atoms with Crippen molar-refractivity contribution in [3.05, 3.63) is 28.2 Å². The first-order valence-electron chi connectivity index (χ1n) is 6.85. The van der Waals surface area contributed by atoms with E-state index in [4.69, 9.17) is 23.2 Å². The molecule has 0 aromatic heterocycles. The molecule has 1 amide bonds. The Hall–Kier alpha value is -1.51. The molecule has 10 heteroatoms. The SMILES string of the molecule is O=C(O)C1C[N+](C(=O)O)(c2ccc(Cl)cc2Cl)CCC1C(F)(F)F. The molecule has 1 aliphatic rings. The Kier molecular flexibility index (Phi) is 5.03. The number of carboxylic acids is 1. The van der Waals surface area contributed by atoms with Crippen LogP contribution in [0.25, 0.3) is 0 Å². The zero-order chi connectivity index (χ0) is 18.3. The molecule has 1 fully saturated rings. The topological polar surface area (TPSA) is 74.6 Å². The summed E-state index contributed by atoms with van der Waals surface area (Å²) < 4.78 is 38.2. The first-order chi connectivity index (χ1) is 11.0. The number of amides is 1. The van der Waals surface area contributed by atoms with Gasteiger partial charge in [-0.15, -0.1) is 0 Å². The number of hydrogen-bond acceptors (Lipinski definition) is 2. The lowest BCUT2D eigenvalue weighted by Crippen LogP contribution is -2.63. The molecule has 0 spiro atoms. The van der Waals surface area contributed by atoms with Crippen LogP contribution in [0.4, 0.5) is 23.7 Å². The molecule has 2 N–H and O–H groups in total. The maximum absolute atomic E-state index is 13.1. The zero-order valence-electron chi connectivity index (χ0n) is 12.1. The lowest BCUT2D eigenvalue weighted by Gasteiger charge is -2.42. The van der Waals surface area contributed by atoms with E-state index in [9.17, 15) is 33.0 Å². The van der Waals surface area contributed by atoms with E-state index in [1.165, 1.54) is 18.2 Å². The molecule has 24 heavy (non-hydrogen) atoms. The molecule has 5 nitrogen and oxygen atoms in total. The summed E-state index contributed by atoms with van der Waals surface area (Å²) in [6.45, 7) is -1.18. The Morgan fingerprint density at radius 3 is 2.29 bits per heavy atom. The van der Waals surface area contributed by atoms with E-state index >= 15 is 0 Å². The molecule has 2 rings (SSSR count). The fraction of sp³-hybridized carbons (Fsp3) is 0.429. The van der Waals surface area contributed by atoms with Crippen LogP contribution in [-0.4, -0.2) is 41.5 Å². The third-order valence-electron chi connectivity index (χ3n) is 4.29. The molecule has 132 valence electrons. The summed E-state index contributed by atoms with van der Waals surface area (Å²) in [5.74, 6) is -5.68. The van der Waals surface area contributed by atoms with E-state index in [0.29, 0.717) is 0 Å². The number of quaternary nitrogens is 1. The van der Waals surface area contributed by atoms with Crippen LogP contribution in [0.1, 0.15) is 6.42 Å². The van der Waals surface area contributed by atoms with Crippen molar-refractivity contribution in [2.24, 2.45) is 11.8 Å². The summed E-state index contributed by atoms with van der Waals surface area (Å²) in [6, 6.07) is 3.93. The fourth-order valence-corrected chi connectivity index (χ4v) is 3.65. The monoisotopic (exact) mass is 386 g/mol. The Labute approximate surface area is 144 Å². The first kappa shape index (κ1) is 18.8. The number of carbonyl (C=O) groups is 2. The van der Waals surface area contributed by atoms with E-state index < -0.39 is 54.1 Å². The van der Waals surface area contributed by atoms with Crippen LogP contribution in [0.3, 0.4) is 0 Å². The normalized spacial score (nSPS) is 27.7. The Bertz CT molecular complexity index is 682. The molecule has 3 unspecified atom stereocenters. The average Bonchev–Trinajstić information content (AvgIpc) is 2.45. The third kappa shape index (κ3) is 3.31. The number of carboxylic acid groups (broad SMARTS) is 2. The van der Waals surface area contributed by atoms with Gasteiger partial charge in [0.1, 0.15) is 17.5 Å². The van der Waals surface area contributed by atoms with Crippen LogP contribution in [0.5, 0.6) is 0 Å². The summed E-state index contributed by atoms with van der Waals surface area (Å²) in [5.41, 5.74) is 0.0143. The predicted molar refractivity (Wildman–Crippen MR) is 81.3 cm³/mol. The quantitative estimate of drug-likeness (QED) is 0.744. The van der Waals surface area contributed by atoms with Gasteiger partial charge in [0.05, 0.1) is 12.5 Å². The van der Waals surface area contributed by atoms with Crippen LogP contribution in [0.2, 0.25) is 10.0 Å². The second-order valence-electron chi connectivity index (χ2n) is 5.63. The van der Waals surface area contributed by atoms with Crippen LogP contribution in [0, 0.1) is 11.8 Å². The van der Waals surface area contributed by atoms with Crippen LogP contribution in [0.15, 0.2) is 18.2 Å². The molecule has 1 aromatic carbocycles. The number of rotatable bonds is 2. The molecule has 0 saturated carbocycles. The number of benzene rings is 1. The zero-order valence-corrected chi connectivity index (χ0v) is 13.6. The molecule has 1 aliphatic heterocycles. The minimum Gasteiger partial charge on any atom is -0.481 e. The molecule has 0 radical (unpaired) electrons. The van der Waals surface area contributed by atoms with Crippen LogP contribution < -0.4 is 4.48 Å². The standard InChI is InChI=1S/C14H12Cl2F3NO4/c15-7-1-2-11(10(16)5-7)20(13(23)24)4-3-9(14(17,18)19)8(6-20)12(21)22/h1-2,5,8-9H,3-4,6H2,(H-,21,22,23,24)/p+1. The van der Waals surface area contributed by atoms with Crippen molar-refractivity contribution in [2.75, 3.05) is 13.1 Å². The molecular formula is C14H13Cl2F3NO4+. The summed E-state index contributed by atoms with van der Waals surface area (Å²) in [4.78, 5) is 23.2. The minimum absolute atomic E-state index is 0.0143. The summed E-state index contributed by atoms with van der Waals surface area (Å²) in [5, 5.41) is 19.0. The van der Waals surface area contributed by atoms with Gasteiger partial charge in [0, 0.05) is 17.5 Å². The van der Waals surface area contributed by atoms with E-state index in [-0.39, 0.29) is 15.7 Å². The first-order valence-corrected chi connectivity index (χ1v) is 7.60. The van der Waals surface area contributed by atoms with Crippen molar-refractivity contribution >= 4 is 41.0 Å². The van der Waals surface area contributed by atoms with E-state index in [1.54, 1.807) is 0 Å². The molecule has 1 saturated heterocycles. The highest BCUT2D eigenvalue weighted by atomic mass is 35.5. The number of alkyl halides is 3. The highest BCUT2D eigenvalue weighted by Crippen LogP contribution is 2.44. The average molecular weight is 387 g/mol. The second-order valence-corrected chi connectivity index (χ2v) is 6.48. The highest BCUT2D eigenvalue weighted by Gasteiger charge is 2.58. The van der Waals surface area contributed by atoms with Crippen molar-refractivity contribution in [1.82, 2.24) is 4.48 Å². The smallest absolute Gasteiger partial charge is 0.481 e. The number of piperidine rings is 1. The third-order valence-corrected chi connectivity index (χ3v) is 4.83. The van der Waals surface area contributed by atoms with Crippen molar-refractivity contribution in [3.8, 4) is 0 Å². The Morgan fingerprint density at radius 1 is 1.21 bits per heavy atom. The van der Waals surface area contributed by atoms with Gasteiger partial charge in [-0.05, 0) is 12.1 Å². The van der Waals surface area contributed by atoms with Gasteiger partial charge >= 0.3 is 18.2 Å². The lowest BCUT2D eigenvalue weighted by atomic mass is 9.83. The van der Waals surface area contributed by atoms with Gasteiger partial charge in [0.25, 0.3) is 0 Å². The summed E-state index contributed by atoms with van der Waals surface area (Å²) in [7, 11) is 0. The van der Waals surface area contributed by atoms with Gasteiger partial charge in [0.15, 0.2) is 5.69 Å². The highest BCUT2D eigenvalue weighted by molar-refractivity contribution is 6.36. The number of halogens is 5. The van der Waals surface area contributed by atoms with Crippen molar-refractivity contribution in [2.45, 2.75) is 12.6 Å². The van der Waals surface area contributed by atoms with Crippen LogP contribution in [-0.2, 0) is 4.79 Å². The number of hydrogen-bond donors (Lipinski definition) is 2. The van der Waals surface area contributed by atoms with E-state index in [2.05, 4.69) is 0 Å². The maximum atomic E-state index is 13.1. The molecule has 0 aliphatic carbocycles. The Balaban J connectivity index is 2.52. The van der Waals surface area contributed by atoms with E-state index in [0.717, 1.165) is 0 Å². The van der Waals surface area contributed by atoms with Gasteiger partial charge in [-0.2, -0.15) is 22.4 Å². The largest absolute Gasteiger partial charge is 0.518 e. The van der Waals surface area contributed by atoms with E-state index in [1.807, 2.05) is 0 Å². The molecule has 0 bridgehead atoms. The molecular weight excluding hydrogens is 374 g/mol. The Morgan fingerprint density at radius 2 is 1.83 bits per heavy atom. The fourth-order valence-electron chi connectivity index (χ4n) is 3.08. The summed E-state index contributed by atoms with van der Waals surface area (Å²) >= 11 is 11.8. The summed E-state index contributed by atoms with van der Waals surface area (Å²) in [6.07, 6.45) is -6.82. The molecule has 1 heterocycles. The van der Waals surface area contributed by atoms with Crippen LogP contribution >= 0.6 is 23.2 Å². The van der Waals surface area contributed by atoms with Gasteiger partial charge in [-0.3, -0.25) is 4.79 Å². The molecule has 3 atom stereocenters. The number of likely N-dealkylation sites (tertiary alicyclic amines) is 1. The number of nitrogens with zero attached hydrogens (tertiary/aromatic N) is 1. The van der Waals surface area contributed by atoms with Crippen molar-refractivity contribution in [1.29, 1.82) is 0 Å². The predicted octanol–water partition coefficient (Wildman–Crippen LogP) is 4.26. The van der Waals surface area contributed by atoms with Crippen molar-refractivity contribution in [3.63, 3.8) is 0 Å². The van der Waals surface area contributed by atoms with Crippen molar-refractivity contribution < 1.29 is 33.0 Å². The number of aliphatic carboxylic acids is 1. The maximum Gasteiger partial charge on any atom is 0.518 e. The lowest BCUT2D eigenvalue weighted by molar-refractivity contribution is -0.205.